The fraction of sp³-hybridized carbons (Fsp3) is 0.288. The van der Waals surface area contributed by atoms with Crippen LogP contribution in [0.2, 0.25) is 0 Å². The molecule has 0 spiro atoms. The predicted molar refractivity (Wildman–Crippen MR) is 258 cm³/mol. The first-order valence-corrected chi connectivity index (χ1v) is 22.7. The summed E-state index contributed by atoms with van der Waals surface area (Å²) in [6.45, 7) is 7.23. The minimum absolute atomic E-state index is 0.0217. The standard InChI is InChI=1S/C52H51N11O6/c1-36-47(56-50(65)48-54-35-63(57-48)31-40-14-8-5-9-15-40)52(67)59(3)44-29-38(19-21-46(44)69-36)17-11-23-61-26-24-60(25-27-61)22-10-16-37-18-20-45-43(28-37)58(2)51(66)42(33-68-45)55-49(64)41-32-62(34-53-41)30-39-12-6-4-7-13-39/h4-9,12-15,18-21,28-29,32,34-36,42,47H,22-27,30-31,33H2,1-3H3,(H,55,64)(H,56,65)/t36-,42+,47+/m1/s1. The monoisotopic (exact) mass is 925 g/mol. The Hall–Kier alpha value is -8.25. The number of benzene rings is 4. The summed E-state index contributed by atoms with van der Waals surface area (Å²) in [5.74, 6) is 12.4. The van der Waals surface area contributed by atoms with Crippen molar-refractivity contribution in [3.63, 3.8) is 0 Å². The van der Waals surface area contributed by atoms with Crippen LogP contribution in [0.3, 0.4) is 0 Å². The quantitative estimate of drug-likeness (QED) is 0.193. The second kappa shape index (κ2) is 20.7. The summed E-state index contributed by atoms with van der Waals surface area (Å²) in [4.78, 5) is 69.6. The number of rotatable bonds is 10. The Morgan fingerprint density at radius 3 is 1.94 bits per heavy atom. The van der Waals surface area contributed by atoms with Crippen molar-refractivity contribution in [2.24, 2.45) is 0 Å². The number of likely N-dealkylation sites (N-methyl/N-ethyl adjacent to an activating group) is 2. The number of nitrogens with one attached hydrogen (secondary N) is 2. The molecular formula is C52H51N11O6. The van der Waals surface area contributed by atoms with E-state index in [9.17, 15) is 19.2 Å². The number of amides is 4. The summed E-state index contributed by atoms with van der Waals surface area (Å²) < 4.78 is 15.6. The lowest BCUT2D eigenvalue weighted by atomic mass is 10.1. The van der Waals surface area contributed by atoms with E-state index in [4.69, 9.17) is 9.47 Å². The Labute approximate surface area is 400 Å². The third-order valence-corrected chi connectivity index (χ3v) is 12.2. The van der Waals surface area contributed by atoms with Gasteiger partial charge >= 0.3 is 0 Å². The summed E-state index contributed by atoms with van der Waals surface area (Å²) >= 11 is 0. The lowest BCUT2D eigenvalue weighted by Crippen LogP contribution is -2.53. The van der Waals surface area contributed by atoms with Gasteiger partial charge in [-0.15, -0.1) is 5.10 Å². The van der Waals surface area contributed by atoms with Gasteiger partial charge in [-0.1, -0.05) is 84.3 Å². The minimum atomic E-state index is -0.973. The first-order valence-electron chi connectivity index (χ1n) is 22.7. The zero-order valence-corrected chi connectivity index (χ0v) is 38.5. The first kappa shape index (κ1) is 45.9. The van der Waals surface area contributed by atoms with E-state index in [-0.39, 0.29) is 29.9 Å². The number of piperazine rings is 1. The molecule has 3 atom stereocenters. The maximum atomic E-state index is 13.7. The average Bonchev–Trinajstić information content (AvgIpc) is 4.01. The molecule has 6 aromatic rings. The average molecular weight is 926 g/mol. The fourth-order valence-electron chi connectivity index (χ4n) is 8.27. The molecule has 0 bridgehead atoms. The van der Waals surface area contributed by atoms with Crippen LogP contribution in [0, 0.1) is 23.7 Å². The number of carbonyl (C=O) groups excluding carboxylic acids is 4. The molecule has 1 saturated heterocycles. The second-order valence-corrected chi connectivity index (χ2v) is 17.1. The molecular weight excluding hydrogens is 875 g/mol. The van der Waals surface area contributed by atoms with Gasteiger partial charge in [-0.05, 0) is 54.4 Å². The highest BCUT2D eigenvalue weighted by Crippen LogP contribution is 2.34. The zero-order valence-electron chi connectivity index (χ0n) is 38.5. The van der Waals surface area contributed by atoms with Crippen molar-refractivity contribution in [1.82, 2.24) is 44.7 Å². The Morgan fingerprint density at radius 2 is 1.29 bits per heavy atom. The smallest absolute Gasteiger partial charge is 0.291 e. The zero-order chi connectivity index (χ0) is 47.9. The number of aromatic nitrogens is 5. The van der Waals surface area contributed by atoms with Gasteiger partial charge in [0.15, 0.2) is 0 Å². The number of carbonyl (C=O) groups is 4. The maximum absolute atomic E-state index is 13.7. The Kier molecular flexibility index (Phi) is 13.8. The van der Waals surface area contributed by atoms with E-state index < -0.39 is 30.0 Å². The third-order valence-electron chi connectivity index (χ3n) is 12.2. The van der Waals surface area contributed by atoms with Gasteiger partial charge in [-0.2, -0.15) is 0 Å². The van der Waals surface area contributed by atoms with E-state index in [1.54, 1.807) is 50.4 Å². The van der Waals surface area contributed by atoms with Crippen LogP contribution in [-0.4, -0.2) is 136 Å². The molecule has 4 aromatic carbocycles. The fourth-order valence-corrected chi connectivity index (χ4v) is 8.27. The second-order valence-electron chi connectivity index (χ2n) is 17.1. The van der Waals surface area contributed by atoms with Gasteiger partial charge in [0, 0.05) is 64.1 Å². The van der Waals surface area contributed by atoms with E-state index in [1.807, 2.05) is 89.5 Å². The summed E-state index contributed by atoms with van der Waals surface area (Å²) in [6, 6.07) is 28.7. The Bertz CT molecular complexity index is 2980. The van der Waals surface area contributed by atoms with E-state index >= 15 is 0 Å². The molecule has 17 heteroatoms. The Morgan fingerprint density at radius 1 is 0.696 bits per heavy atom. The summed E-state index contributed by atoms with van der Waals surface area (Å²) in [5.41, 5.74) is 4.93. The van der Waals surface area contributed by atoms with Crippen molar-refractivity contribution >= 4 is 35.0 Å². The lowest BCUT2D eigenvalue weighted by Gasteiger charge is -2.32. The molecule has 0 radical (unpaired) electrons. The van der Waals surface area contributed by atoms with Crippen LogP contribution in [0.15, 0.2) is 116 Å². The first-order chi connectivity index (χ1) is 33.5. The molecule has 0 unspecified atom stereocenters. The topological polar surface area (TPSA) is 172 Å². The molecule has 0 aliphatic carbocycles. The van der Waals surface area contributed by atoms with Crippen molar-refractivity contribution in [1.29, 1.82) is 0 Å². The van der Waals surface area contributed by atoms with E-state index in [1.165, 1.54) is 16.1 Å². The van der Waals surface area contributed by atoms with Crippen molar-refractivity contribution in [3.8, 4) is 35.2 Å². The van der Waals surface area contributed by atoms with Gasteiger partial charge in [0.25, 0.3) is 23.6 Å². The summed E-state index contributed by atoms with van der Waals surface area (Å²) in [5, 5.41) is 9.90. The van der Waals surface area contributed by atoms with Gasteiger partial charge in [0.1, 0.15) is 48.3 Å². The van der Waals surface area contributed by atoms with Crippen LogP contribution < -0.4 is 29.9 Å². The van der Waals surface area contributed by atoms with Crippen LogP contribution in [0.25, 0.3) is 0 Å². The van der Waals surface area contributed by atoms with E-state index in [0.717, 1.165) is 48.4 Å². The van der Waals surface area contributed by atoms with Crippen molar-refractivity contribution in [3.05, 3.63) is 150 Å². The maximum Gasteiger partial charge on any atom is 0.291 e. The number of hydrogen-bond donors (Lipinski definition) is 2. The van der Waals surface area contributed by atoms with E-state index in [0.29, 0.717) is 49.1 Å². The van der Waals surface area contributed by atoms with Crippen LogP contribution >= 0.6 is 0 Å². The number of imidazole rings is 1. The van der Waals surface area contributed by atoms with Crippen LogP contribution in [0.4, 0.5) is 11.4 Å². The predicted octanol–water partition coefficient (Wildman–Crippen LogP) is 3.29. The number of anilines is 2. The van der Waals surface area contributed by atoms with Gasteiger partial charge in [-0.3, -0.25) is 29.0 Å². The van der Waals surface area contributed by atoms with E-state index in [2.05, 4.69) is 59.2 Å². The van der Waals surface area contributed by atoms with Crippen LogP contribution in [0.5, 0.6) is 11.5 Å². The van der Waals surface area contributed by atoms with Gasteiger partial charge in [0.2, 0.25) is 5.82 Å². The molecule has 2 aromatic heterocycles. The molecule has 3 aliphatic heterocycles. The summed E-state index contributed by atoms with van der Waals surface area (Å²) in [6.07, 6.45) is 4.09. The van der Waals surface area contributed by atoms with Crippen LogP contribution in [0.1, 0.15) is 50.3 Å². The molecule has 1 fully saturated rings. The highest BCUT2D eigenvalue weighted by atomic mass is 16.5. The van der Waals surface area contributed by atoms with Crippen molar-refractivity contribution in [2.45, 2.75) is 38.2 Å². The largest absolute Gasteiger partial charge is 0.489 e. The minimum Gasteiger partial charge on any atom is -0.489 e. The van der Waals surface area contributed by atoms with Crippen LogP contribution in [-0.2, 0) is 22.7 Å². The van der Waals surface area contributed by atoms with Gasteiger partial charge in [0.05, 0.1) is 37.3 Å². The van der Waals surface area contributed by atoms with Crippen molar-refractivity contribution in [2.75, 3.05) is 69.8 Å². The number of ether oxygens (including phenoxy) is 2. The lowest BCUT2D eigenvalue weighted by molar-refractivity contribution is -0.121. The molecule has 17 nitrogen and oxygen atoms in total. The van der Waals surface area contributed by atoms with Gasteiger partial charge < -0.3 is 34.5 Å². The number of nitrogens with zero attached hydrogens (tertiary/aromatic N) is 9. The SMILES string of the molecule is C[C@H]1Oc2ccc(C#CCN3CCN(CC#Cc4ccc5c(c4)N(C)C(=O)[C@@H](NC(=O)c4cn(Cc6ccccc6)cn4)CO5)CC3)cc2N(C)C(=O)[C@H]1NC(=O)c1ncn(Cc2ccccc2)n1. The molecule has 9 rings (SSSR count). The van der Waals surface area contributed by atoms with Crippen molar-refractivity contribution < 1.29 is 28.7 Å². The Balaban J connectivity index is 0.731. The highest BCUT2D eigenvalue weighted by molar-refractivity contribution is 6.04. The number of fused-ring (bicyclic) bond motifs is 2. The molecule has 69 heavy (non-hydrogen) atoms. The highest BCUT2D eigenvalue weighted by Gasteiger charge is 2.37. The third kappa shape index (κ3) is 11.0. The molecule has 2 N–H and O–H groups in total. The molecule has 4 amide bonds. The molecule has 3 aliphatic rings. The van der Waals surface area contributed by atoms with Gasteiger partial charge in [-0.25, -0.2) is 14.6 Å². The number of hydrogen-bond acceptors (Lipinski definition) is 11. The molecule has 0 saturated carbocycles. The summed E-state index contributed by atoms with van der Waals surface area (Å²) in [7, 11) is 3.32. The normalized spacial score (nSPS) is 18.2. The molecule has 5 heterocycles. The molecule has 350 valence electrons.